The van der Waals surface area contributed by atoms with Gasteiger partial charge in [-0.2, -0.15) is 0 Å². The van der Waals surface area contributed by atoms with Gasteiger partial charge in [-0.25, -0.2) is 4.98 Å². The van der Waals surface area contributed by atoms with Crippen LogP contribution in [0.15, 0.2) is 23.7 Å². The third-order valence-corrected chi connectivity index (χ3v) is 4.58. The number of fused-ring (bicyclic) bond motifs is 1. The van der Waals surface area contributed by atoms with E-state index < -0.39 is 6.10 Å². The monoisotopic (exact) mass is 275 g/mol. The van der Waals surface area contributed by atoms with E-state index in [9.17, 15) is 5.11 Å². The molecular weight excluding hydrogens is 258 g/mol. The Balaban J connectivity index is 1.65. The summed E-state index contributed by atoms with van der Waals surface area (Å²) in [6, 6.07) is 6.34. The van der Waals surface area contributed by atoms with Gasteiger partial charge in [0, 0.05) is 6.42 Å². The summed E-state index contributed by atoms with van der Waals surface area (Å²) in [6.07, 6.45) is 2.21. The number of aryl methyl sites for hydroxylation is 2. The van der Waals surface area contributed by atoms with Crippen LogP contribution in [0.3, 0.4) is 0 Å². The molecule has 0 amide bonds. The number of ether oxygens (including phenoxy) is 1. The fourth-order valence-electron chi connectivity index (χ4n) is 2.46. The molecule has 1 aromatic carbocycles. The van der Waals surface area contributed by atoms with Gasteiger partial charge in [0.25, 0.3) is 0 Å². The minimum absolute atomic E-state index is 0.406. The maximum Gasteiger partial charge on any atom is 0.122 e. The minimum Gasteiger partial charge on any atom is -0.493 e. The zero-order valence-corrected chi connectivity index (χ0v) is 11.7. The average molecular weight is 275 g/mol. The van der Waals surface area contributed by atoms with E-state index in [2.05, 4.69) is 17.1 Å². The van der Waals surface area contributed by atoms with Crippen LogP contribution in [0.2, 0.25) is 0 Å². The standard InChI is InChI=1S/C15H17NO2S/c1-10-15(19-9-16-10)13(17)4-2-11-3-5-14-12(8-11)6-7-18-14/h3,5,8-9,13,17H,2,4,6-7H2,1H3. The van der Waals surface area contributed by atoms with Gasteiger partial charge in [-0.1, -0.05) is 12.1 Å². The van der Waals surface area contributed by atoms with Crippen LogP contribution in [0.4, 0.5) is 0 Å². The maximum atomic E-state index is 10.2. The molecule has 2 heterocycles. The number of aliphatic hydroxyl groups is 1. The number of rotatable bonds is 4. The van der Waals surface area contributed by atoms with Gasteiger partial charge in [-0.3, -0.25) is 0 Å². The van der Waals surface area contributed by atoms with Crippen LogP contribution in [-0.2, 0) is 12.8 Å². The molecule has 0 saturated heterocycles. The summed E-state index contributed by atoms with van der Waals surface area (Å²) in [4.78, 5) is 5.17. The third kappa shape index (κ3) is 2.65. The summed E-state index contributed by atoms with van der Waals surface area (Å²) in [5, 5.41) is 10.2. The predicted molar refractivity (Wildman–Crippen MR) is 75.8 cm³/mol. The van der Waals surface area contributed by atoms with E-state index in [1.54, 1.807) is 5.51 Å². The first-order valence-electron chi connectivity index (χ1n) is 6.56. The molecule has 0 fully saturated rings. The Morgan fingerprint density at radius 3 is 3.16 bits per heavy atom. The Labute approximate surface area is 116 Å². The maximum absolute atomic E-state index is 10.2. The first-order valence-corrected chi connectivity index (χ1v) is 7.44. The Kier molecular flexibility index (Phi) is 3.53. The fraction of sp³-hybridized carbons (Fsp3) is 0.400. The van der Waals surface area contributed by atoms with Gasteiger partial charge in [-0.15, -0.1) is 11.3 Å². The van der Waals surface area contributed by atoms with Crippen molar-refractivity contribution in [2.24, 2.45) is 0 Å². The van der Waals surface area contributed by atoms with Gasteiger partial charge in [0.1, 0.15) is 5.75 Å². The lowest BCUT2D eigenvalue weighted by atomic mass is 10.0. The second-order valence-electron chi connectivity index (χ2n) is 4.90. The molecule has 0 spiro atoms. The van der Waals surface area contributed by atoms with Crippen molar-refractivity contribution in [1.29, 1.82) is 0 Å². The van der Waals surface area contributed by atoms with Crippen LogP contribution in [0.5, 0.6) is 5.75 Å². The van der Waals surface area contributed by atoms with Crippen molar-refractivity contribution in [3.8, 4) is 5.75 Å². The highest BCUT2D eigenvalue weighted by Crippen LogP contribution is 2.29. The molecule has 1 aliphatic rings. The van der Waals surface area contributed by atoms with E-state index in [-0.39, 0.29) is 0 Å². The highest BCUT2D eigenvalue weighted by molar-refractivity contribution is 7.09. The molecule has 0 bridgehead atoms. The summed E-state index contributed by atoms with van der Waals surface area (Å²) in [7, 11) is 0. The Morgan fingerprint density at radius 1 is 1.47 bits per heavy atom. The molecule has 1 unspecified atom stereocenters. The van der Waals surface area contributed by atoms with Crippen LogP contribution >= 0.6 is 11.3 Å². The van der Waals surface area contributed by atoms with Crippen LogP contribution < -0.4 is 4.74 Å². The number of aromatic nitrogens is 1. The van der Waals surface area contributed by atoms with Gasteiger partial charge < -0.3 is 9.84 Å². The number of aliphatic hydroxyl groups excluding tert-OH is 1. The van der Waals surface area contributed by atoms with E-state index in [1.807, 2.05) is 13.0 Å². The van der Waals surface area contributed by atoms with Crippen LogP contribution in [0.1, 0.15) is 34.2 Å². The molecular formula is C15H17NO2S. The predicted octanol–water partition coefficient (Wildman–Crippen LogP) is 3.05. The van der Waals surface area contributed by atoms with Crippen LogP contribution in [-0.4, -0.2) is 16.7 Å². The second kappa shape index (κ2) is 5.31. The van der Waals surface area contributed by atoms with Crippen molar-refractivity contribution < 1.29 is 9.84 Å². The lowest BCUT2D eigenvalue weighted by Gasteiger charge is -2.10. The van der Waals surface area contributed by atoms with E-state index in [1.165, 1.54) is 22.5 Å². The normalized spacial score (nSPS) is 15.1. The molecule has 4 heteroatoms. The molecule has 3 nitrogen and oxygen atoms in total. The lowest BCUT2D eigenvalue weighted by Crippen LogP contribution is -1.99. The number of hydrogen-bond acceptors (Lipinski definition) is 4. The van der Waals surface area contributed by atoms with Gasteiger partial charge in [0.15, 0.2) is 0 Å². The molecule has 0 saturated carbocycles. The highest BCUT2D eigenvalue weighted by atomic mass is 32.1. The molecule has 0 radical (unpaired) electrons. The molecule has 100 valence electrons. The quantitative estimate of drug-likeness (QED) is 0.932. The Morgan fingerprint density at radius 2 is 2.37 bits per heavy atom. The third-order valence-electron chi connectivity index (χ3n) is 3.55. The molecule has 0 aliphatic carbocycles. The average Bonchev–Trinajstić information content (AvgIpc) is 3.03. The highest BCUT2D eigenvalue weighted by Gasteiger charge is 2.15. The van der Waals surface area contributed by atoms with Crippen molar-refractivity contribution in [2.45, 2.75) is 32.3 Å². The lowest BCUT2D eigenvalue weighted by molar-refractivity contribution is 0.170. The van der Waals surface area contributed by atoms with E-state index in [0.29, 0.717) is 0 Å². The summed E-state index contributed by atoms with van der Waals surface area (Å²) in [6.45, 7) is 2.74. The second-order valence-corrected chi connectivity index (χ2v) is 5.78. The number of nitrogens with zero attached hydrogens (tertiary/aromatic N) is 1. The van der Waals surface area contributed by atoms with Crippen molar-refractivity contribution in [2.75, 3.05) is 6.61 Å². The number of thiazole rings is 1. The van der Waals surface area contributed by atoms with Gasteiger partial charge in [-0.05, 0) is 37.0 Å². The van der Waals surface area contributed by atoms with Crippen molar-refractivity contribution in [3.63, 3.8) is 0 Å². The molecule has 1 aromatic heterocycles. The van der Waals surface area contributed by atoms with Crippen molar-refractivity contribution in [3.05, 3.63) is 45.4 Å². The molecule has 2 aromatic rings. The largest absolute Gasteiger partial charge is 0.493 e. The molecule has 19 heavy (non-hydrogen) atoms. The van der Waals surface area contributed by atoms with E-state index >= 15 is 0 Å². The number of benzene rings is 1. The van der Waals surface area contributed by atoms with Gasteiger partial charge in [0.05, 0.1) is 28.8 Å². The zero-order chi connectivity index (χ0) is 13.2. The molecule has 3 rings (SSSR count). The topological polar surface area (TPSA) is 42.4 Å². The smallest absolute Gasteiger partial charge is 0.122 e. The van der Waals surface area contributed by atoms with E-state index in [0.717, 1.165) is 42.2 Å². The number of hydrogen-bond donors (Lipinski definition) is 1. The first-order chi connectivity index (χ1) is 9.24. The fourth-order valence-corrected chi connectivity index (χ4v) is 3.28. The summed E-state index contributed by atoms with van der Waals surface area (Å²) < 4.78 is 5.50. The first kappa shape index (κ1) is 12.6. The molecule has 1 N–H and O–H groups in total. The Hall–Kier alpha value is -1.39. The summed E-state index contributed by atoms with van der Waals surface area (Å²) >= 11 is 1.53. The van der Waals surface area contributed by atoms with Crippen molar-refractivity contribution in [1.82, 2.24) is 4.98 Å². The minimum atomic E-state index is -0.406. The zero-order valence-electron chi connectivity index (χ0n) is 10.9. The van der Waals surface area contributed by atoms with Gasteiger partial charge >= 0.3 is 0 Å². The summed E-state index contributed by atoms with van der Waals surface area (Å²) in [5.41, 5.74) is 5.30. The van der Waals surface area contributed by atoms with Crippen LogP contribution in [0, 0.1) is 6.92 Å². The Bertz CT molecular complexity index is 579. The van der Waals surface area contributed by atoms with Gasteiger partial charge in [0.2, 0.25) is 0 Å². The van der Waals surface area contributed by atoms with Crippen LogP contribution in [0.25, 0.3) is 0 Å². The molecule has 1 atom stereocenters. The summed E-state index contributed by atoms with van der Waals surface area (Å²) in [5.74, 6) is 1.02. The van der Waals surface area contributed by atoms with E-state index in [4.69, 9.17) is 4.74 Å². The van der Waals surface area contributed by atoms with Crippen molar-refractivity contribution >= 4 is 11.3 Å². The molecule has 1 aliphatic heterocycles. The SMILES string of the molecule is Cc1ncsc1C(O)CCc1ccc2c(c1)CCO2.